The van der Waals surface area contributed by atoms with Crippen LogP contribution in [0, 0.1) is 0 Å². The molecule has 1 N–H and O–H groups in total. The molecule has 1 aliphatic rings. The van der Waals surface area contributed by atoms with Crippen LogP contribution in [0.4, 0.5) is 5.69 Å². The molecule has 0 bridgehead atoms. The van der Waals surface area contributed by atoms with Crippen LogP contribution in [-0.2, 0) is 0 Å². The summed E-state index contributed by atoms with van der Waals surface area (Å²) >= 11 is 3.63. The summed E-state index contributed by atoms with van der Waals surface area (Å²) in [5.41, 5.74) is 2.16. The van der Waals surface area contributed by atoms with Gasteiger partial charge in [0.1, 0.15) is 0 Å². The number of piperidine rings is 1. The van der Waals surface area contributed by atoms with Gasteiger partial charge in [-0.15, -0.1) is 0 Å². The maximum atomic E-state index is 9.62. The van der Waals surface area contributed by atoms with Crippen molar-refractivity contribution in [2.75, 3.05) is 32.1 Å². The zero-order valence-corrected chi connectivity index (χ0v) is 13.5. The Balaban J connectivity index is 2.12. The van der Waals surface area contributed by atoms with Crippen molar-refractivity contribution in [1.82, 2.24) is 4.90 Å². The van der Waals surface area contributed by atoms with Crippen molar-refractivity contribution >= 4 is 21.6 Å². The Hall–Kier alpha value is -0.580. The molecule has 3 nitrogen and oxygen atoms in total. The van der Waals surface area contributed by atoms with Crippen molar-refractivity contribution in [2.45, 2.75) is 31.9 Å². The fraction of sp³-hybridized carbons (Fsp3) is 0.600. The summed E-state index contributed by atoms with van der Waals surface area (Å²) in [6.45, 7) is 4.12. The van der Waals surface area contributed by atoms with Crippen LogP contribution in [0.1, 0.15) is 31.4 Å². The lowest BCUT2D eigenvalue weighted by atomic mass is 10.0. The standard InChI is InChI=1S/C15H23BrN2O/c1-11(19)12-4-5-15(14(16)10-12)18(3)13-6-8-17(2)9-7-13/h4-5,10-11,13,19H,6-9H2,1-3H3. The molecule has 4 heteroatoms. The smallest absolute Gasteiger partial charge is 0.0762 e. The first kappa shape index (κ1) is 14.8. The fourth-order valence-corrected chi connectivity index (χ4v) is 3.32. The molecule has 1 fully saturated rings. The molecule has 0 amide bonds. The van der Waals surface area contributed by atoms with Gasteiger partial charge in [0.15, 0.2) is 0 Å². The van der Waals surface area contributed by atoms with Gasteiger partial charge < -0.3 is 14.9 Å². The van der Waals surface area contributed by atoms with Gasteiger partial charge >= 0.3 is 0 Å². The highest BCUT2D eigenvalue weighted by atomic mass is 79.9. The van der Waals surface area contributed by atoms with Crippen molar-refractivity contribution in [1.29, 1.82) is 0 Å². The highest BCUT2D eigenvalue weighted by Crippen LogP contribution is 2.31. The van der Waals surface area contributed by atoms with Crippen LogP contribution < -0.4 is 4.90 Å². The van der Waals surface area contributed by atoms with E-state index in [1.54, 1.807) is 6.92 Å². The Bertz CT molecular complexity index is 428. The van der Waals surface area contributed by atoms with Gasteiger partial charge in [-0.25, -0.2) is 0 Å². The zero-order chi connectivity index (χ0) is 14.0. The molecule has 0 saturated carbocycles. The summed E-state index contributed by atoms with van der Waals surface area (Å²) in [6, 6.07) is 6.73. The van der Waals surface area contributed by atoms with E-state index < -0.39 is 6.10 Å². The molecule has 1 saturated heterocycles. The average Bonchev–Trinajstić information content (AvgIpc) is 2.38. The third kappa shape index (κ3) is 3.50. The van der Waals surface area contributed by atoms with E-state index in [0.717, 1.165) is 10.0 Å². The summed E-state index contributed by atoms with van der Waals surface area (Å²) in [7, 11) is 4.35. The molecule has 19 heavy (non-hydrogen) atoms. The number of likely N-dealkylation sites (tertiary alicyclic amines) is 1. The number of aliphatic hydroxyl groups is 1. The molecule has 1 atom stereocenters. The largest absolute Gasteiger partial charge is 0.389 e. The van der Waals surface area contributed by atoms with E-state index in [0.29, 0.717) is 6.04 Å². The third-order valence-corrected chi connectivity index (χ3v) is 4.71. The first-order valence-electron chi connectivity index (χ1n) is 6.88. The first-order valence-corrected chi connectivity index (χ1v) is 7.67. The van der Waals surface area contributed by atoms with Crippen LogP contribution in [0.3, 0.4) is 0 Å². The molecule has 0 spiro atoms. The summed E-state index contributed by atoms with van der Waals surface area (Å²) in [5.74, 6) is 0. The minimum Gasteiger partial charge on any atom is -0.389 e. The molecular formula is C15H23BrN2O. The lowest BCUT2D eigenvalue weighted by Gasteiger charge is -2.37. The minimum atomic E-state index is -0.418. The lowest BCUT2D eigenvalue weighted by molar-refractivity contribution is 0.199. The number of aliphatic hydroxyl groups excluding tert-OH is 1. The molecule has 1 aromatic carbocycles. The maximum absolute atomic E-state index is 9.62. The average molecular weight is 327 g/mol. The van der Waals surface area contributed by atoms with E-state index in [4.69, 9.17) is 0 Å². The van der Waals surface area contributed by atoms with Crippen LogP contribution in [-0.4, -0.2) is 43.2 Å². The van der Waals surface area contributed by atoms with Crippen molar-refractivity contribution in [3.63, 3.8) is 0 Å². The Morgan fingerprint density at radius 1 is 1.37 bits per heavy atom. The second-order valence-corrected chi connectivity index (χ2v) is 6.39. The molecule has 1 aromatic rings. The normalized spacial score (nSPS) is 19.4. The van der Waals surface area contributed by atoms with Gasteiger partial charge in [0.2, 0.25) is 0 Å². The molecule has 0 aromatic heterocycles. The highest BCUT2D eigenvalue weighted by molar-refractivity contribution is 9.10. The molecule has 1 aliphatic heterocycles. The van der Waals surface area contributed by atoms with Crippen LogP contribution in [0.25, 0.3) is 0 Å². The van der Waals surface area contributed by atoms with Gasteiger partial charge in [-0.2, -0.15) is 0 Å². The van der Waals surface area contributed by atoms with Crippen LogP contribution in [0.5, 0.6) is 0 Å². The van der Waals surface area contributed by atoms with E-state index in [9.17, 15) is 5.11 Å². The SMILES string of the molecule is CC(O)c1ccc(N(C)C2CCN(C)CC2)c(Br)c1. The van der Waals surface area contributed by atoms with Crippen molar-refractivity contribution < 1.29 is 5.11 Å². The van der Waals surface area contributed by atoms with Crippen LogP contribution >= 0.6 is 15.9 Å². The number of anilines is 1. The molecule has 2 rings (SSSR count). The van der Waals surface area contributed by atoms with Crippen LogP contribution in [0.15, 0.2) is 22.7 Å². The van der Waals surface area contributed by atoms with Gasteiger partial charge in [0, 0.05) is 17.6 Å². The first-order chi connectivity index (χ1) is 8.99. The van der Waals surface area contributed by atoms with Gasteiger partial charge in [0.05, 0.1) is 11.8 Å². The third-order valence-electron chi connectivity index (χ3n) is 4.07. The Labute approximate surface area is 124 Å². The Kier molecular flexibility index (Phi) is 4.87. The predicted molar refractivity (Wildman–Crippen MR) is 83.7 cm³/mol. The van der Waals surface area contributed by atoms with Gasteiger partial charge in [-0.05, 0) is 73.5 Å². The topological polar surface area (TPSA) is 26.7 Å². The molecule has 0 aliphatic carbocycles. The van der Waals surface area contributed by atoms with E-state index in [-0.39, 0.29) is 0 Å². The van der Waals surface area contributed by atoms with E-state index >= 15 is 0 Å². The number of hydrogen-bond acceptors (Lipinski definition) is 3. The van der Waals surface area contributed by atoms with Crippen molar-refractivity contribution in [2.24, 2.45) is 0 Å². The quantitative estimate of drug-likeness (QED) is 0.924. The summed E-state index contributed by atoms with van der Waals surface area (Å²) in [6.07, 6.45) is 1.99. The minimum absolute atomic E-state index is 0.418. The zero-order valence-electron chi connectivity index (χ0n) is 11.9. The second kappa shape index (κ2) is 6.25. The molecule has 0 radical (unpaired) electrons. The molecule has 106 valence electrons. The molecule has 1 heterocycles. The maximum Gasteiger partial charge on any atom is 0.0762 e. The van der Waals surface area contributed by atoms with Gasteiger partial charge in [0.25, 0.3) is 0 Å². The molecule has 1 unspecified atom stereocenters. The predicted octanol–water partition coefficient (Wildman–Crippen LogP) is 3.03. The Morgan fingerprint density at radius 3 is 2.53 bits per heavy atom. The Morgan fingerprint density at radius 2 is 2.00 bits per heavy atom. The number of halogens is 1. The number of rotatable bonds is 3. The van der Waals surface area contributed by atoms with E-state index in [1.165, 1.54) is 31.6 Å². The summed E-state index contributed by atoms with van der Waals surface area (Å²) < 4.78 is 1.06. The number of hydrogen-bond donors (Lipinski definition) is 1. The number of benzene rings is 1. The second-order valence-electron chi connectivity index (χ2n) is 5.53. The summed E-state index contributed by atoms with van der Waals surface area (Å²) in [4.78, 5) is 4.75. The van der Waals surface area contributed by atoms with Crippen LogP contribution in [0.2, 0.25) is 0 Å². The van der Waals surface area contributed by atoms with E-state index in [2.05, 4.69) is 45.9 Å². The number of nitrogens with zero attached hydrogens (tertiary/aromatic N) is 2. The van der Waals surface area contributed by atoms with Gasteiger partial charge in [-0.3, -0.25) is 0 Å². The summed E-state index contributed by atoms with van der Waals surface area (Å²) in [5, 5.41) is 9.62. The van der Waals surface area contributed by atoms with E-state index in [1.807, 2.05) is 12.1 Å². The lowest BCUT2D eigenvalue weighted by Crippen LogP contribution is -2.42. The molecular weight excluding hydrogens is 304 g/mol. The van der Waals surface area contributed by atoms with Crippen molar-refractivity contribution in [3.8, 4) is 0 Å². The highest BCUT2D eigenvalue weighted by Gasteiger charge is 2.22. The fourth-order valence-electron chi connectivity index (χ4n) is 2.65. The monoisotopic (exact) mass is 326 g/mol. The van der Waals surface area contributed by atoms with Crippen molar-refractivity contribution in [3.05, 3.63) is 28.2 Å². The van der Waals surface area contributed by atoms with Gasteiger partial charge in [-0.1, -0.05) is 6.07 Å².